The summed E-state index contributed by atoms with van der Waals surface area (Å²) in [6.45, 7) is 0.834. The molecule has 7 heteroatoms. The van der Waals surface area contributed by atoms with Crippen molar-refractivity contribution >= 4 is 12.1 Å². The van der Waals surface area contributed by atoms with E-state index in [-0.39, 0.29) is 25.9 Å². The van der Waals surface area contributed by atoms with Crippen molar-refractivity contribution in [3.8, 4) is 0 Å². The largest absolute Gasteiger partial charge is 0.479 e. The molecule has 3 atom stereocenters. The SMILES string of the molecule is O=C(O)C1COC2CN(C(=O)OCc3ccccc3)CC2O1. The maximum atomic E-state index is 12.1. The number of carboxylic acids is 1. The summed E-state index contributed by atoms with van der Waals surface area (Å²) in [7, 11) is 0. The molecule has 1 aromatic rings. The number of ether oxygens (including phenoxy) is 3. The number of hydrogen-bond donors (Lipinski definition) is 1. The van der Waals surface area contributed by atoms with Crippen LogP contribution in [0.1, 0.15) is 5.56 Å². The molecular weight excluding hydrogens is 290 g/mol. The van der Waals surface area contributed by atoms with Gasteiger partial charge in [-0.3, -0.25) is 0 Å². The van der Waals surface area contributed by atoms with Crippen LogP contribution in [-0.4, -0.2) is 60.1 Å². The highest BCUT2D eigenvalue weighted by Gasteiger charge is 2.43. The van der Waals surface area contributed by atoms with Gasteiger partial charge in [-0.25, -0.2) is 9.59 Å². The van der Waals surface area contributed by atoms with E-state index in [1.807, 2.05) is 30.3 Å². The Kier molecular flexibility index (Phi) is 4.26. The van der Waals surface area contributed by atoms with Crippen LogP contribution in [0.15, 0.2) is 30.3 Å². The van der Waals surface area contributed by atoms with Crippen molar-refractivity contribution < 1.29 is 28.9 Å². The molecule has 3 rings (SSSR count). The van der Waals surface area contributed by atoms with Crippen LogP contribution in [0.4, 0.5) is 4.79 Å². The summed E-state index contributed by atoms with van der Waals surface area (Å²) in [5.41, 5.74) is 0.908. The number of carbonyl (C=O) groups excluding carboxylic acids is 1. The highest BCUT2D eigenvalue weighted by molar-refractivity contribution is 5.72. The molecule has 0 spiro atoms. The summed E-state index contributed by atoms with van der Waals surface area (Å²) in [6, 6.07) is 9.40. The molecular formula is C15H17NO6. The molecule has 3 unspecified atom stereocenters. The Balaban J connectivity index is 1.52. The van der Waals surface area contributed by atoms with Crippen LogP contribution in [-0.2, 0) is 25.6 Å². The van der Waals surface area contributed by atoms with Crippen LogP contribution in [0.2, 0.25) is 0 Å². The van der Waals surface area contributed by atoms with Crippen molar-refractivity contribution in [1.29, 1.82) is 0 Å². The Hall–Kier alpha value is -2.12. The summed E-state index contributed by atoms with van der Waals surface area (Å²) >= 11 is 0. The Morgan fingerprint density at radius 3 is 2.68 bits per heavy atom. The molecule has 1 aromatic carbocycles. The van der Waals surface area contributed by atoms with E-state index in [0.717, 1.165) is 5.56 Å². The Morgan fingerprint density at radius 1 is 1.23 bits per heavy atom. The Bertz CT molecular complexity index is 548. The minimum Gasteiger partial charge on any atom is -0.479 e. The van der Waals surface area contributed by atoms with Crippen molar-refractivity contribution in [3.05, 3.63) is 35.9 Å². The maximum absolute atomic E-state index is 12.1. The van der Waals surface area contributed by atoms with E-state index in [2.05, 4.69) is 0 Å². The number of amides is 1. The number of hydrogen-bond acceptors (Lipinski definition) is 5. The fraction of sp³-hybridized carbons (Fsp3) is 0.467. The minimum absolute atomic E-state index is 0.00338. The van der Waals surface area contributed by atoms with Gasteiger partial charge in [-0.2, -0.15) is 0 Å². The molecule has 7 nitrogen and oxygen atoms in total. The van der Waals surface area contributed by atoms with Crippen LogP contribution in [0.25, 0.3) is 0 Å². The van der Waals surface area contributed by atoms with Crippen molar-refractivity contribution in [2.45, 2.75) is 24.9 Å². The van der Waals surface area contributed by atoms with Crippen molar-refractivity contribution in [2.75, 3.05) is 19.7 Å². The predicted octanol–water partition coefficient (Wildman–Crippen LogP) is 0.876. The van der Waals surface area contributed by atoms with Crippen molar-refractivity contribution in [1.82, 2.24) is 4.90 Å². The number of likely N-dealkylation sites (tertiary alicyclic amines) is 1. The lowest BCUT2D eigenvalue weighted by Crippen LogP contribution is -2.45. The lowest BCUT2D eigenvalue weighted by Gasteiger charge is -2.29. The summed E-state index contributed by atoms with van der Waals surface area (Å²) in [6.07, 6.45) is -2.13. The lowest BCUT2D eigenvalue weighted by atomic mass is 10.2. The standard InChI is InChI=1S/C15H17NO6/c17-14(18)13-9-20-11-6-16(7-12(11)22-13)15(19)21-8-10-4-2-1-3-5-10/h1-5,11-13H,6-9H2,(H,17,18). The number of benzene rings is 1. The van der Waals surface area contributed by atoms with Gasteiger partial charge in [-0.05, 0) is 5.56 Å². The molecule has 1 amide bonds. The number of fused-ring (bicyclic) bond motifs is 1. The van der Waals surface area contributed by atoms with E-state index < -0.39 is 24.3 Å². The molecule has 0 saturated carbocycles. The molecule has 2 aliphatic heterocycles. The molecule has 2 saturated heterocycles. The van der Waals surface area contributed by atoms with E-state index in [1.54, 1.807) is 0 Å². The lowest BCUT2D eigenvalue weighted by molar-refractivity contribution is -0.187. The highest BCUT2D eigenvalue weighted by Crippen LogP contribution is 2.23. The second kappa shape index (κ2) is 6.33. The zero-order valence-electron chi connectivity index (χ0n) is 11.9. The summed E-state index contributed by atoms with van der Waals surface area (Å²) in [4.78, 5) is 24.4. The van der Waals surface area contributed by atoms with Crippen molar-refractivity contribution in [3.63, 3.8) is 0 Å². The quantitative estimate of drug-likeness (QED) is 0.892. The van der Waals surface area contributed by atoms with Gasteiger partial charge in [0, 0.05) is 0 Å². The summed E-state index contributed by atoms with van der Waals surface area (Å²) < 4.78 is 16.2. The minimum atomic E-state index is -1.05. The third-order valence-electron chi connectivity index (χ3n) is 3.75. The van der Waals surface area contributed by atoms with Crippen LogP contribution >= 0.6 is 0 Å². The molecule has 0 radical (unpaired) electrons. The van der Waals surface area contributed by atoms with Crippen molar-refractivity contribution in [2.24, 2.45) is 0 Å². The first kappa shape index (κ1) is 14.8. The molecule has 0 aromatic heterocycles. The number of nitrogens with zero attached hydrogens (tertiary/aromatic N) is 1. The molecule has 0 bridgehead atoms. The average molecular weight is 307 g/mol. The monoisotopic (exact) mass is 307 g/mol. The Morgan fingerprint density at radius 2 is 1.95 bits per heavy atom. The van der Waals surface area contributed by atoms with Gasteiger partial charge in [0.1, 0.15) is 18.8 Å². The smallest absolute Gasteiger partial charge is 0.410 e. The first-order valence-electron chi connectivity index (χ1n) is 7.09. The third kappa shape index (κ3) is 3.20. The van der Waals surface area contributed by atoms with Gasteiger partial charge < -0.3 is 24.2 Å². The highest BCUT2D eigenvalue weighted by atomic mass is 16.6. The van der Waals surface area contributed by atoms with Gasteiger partial charge in [0.15, 0.2) is 6.10 Å². The molecule has 0 aliphatic carbocycles. The van der Waals surface area contributed by atoms with E-state index >= 15 is 0 Å². The zero-order chi connectivity index (χ0) is 15.5. The van der Waals surface area contributed by atoms with Gasteiger partial charge in [0.25, 0.3) is 0 Å². The molecule has 118 valence electrons. The molecule has 1 N–H and O–H groups in total. The van der Waals surface area contributed by atoms with Crippen LogP contribution in [0.5, 0.6) is 0 Å². The Labute approximate surface area is 127 Å². The normalized spacial score (nSPS) is 27.3. The number of carboxylic acid groups (broad SMARTS) is 1. The number of carbonyl (C=O) groups is 2. The molecule has 2 fully saturated rings. The average Bonchev–Trinajstić information content (AvgIpc) is 2.96. The topological polar surface area (TPSA) is 85.3 Å². The third-order valence-corrected chi connectivity index (χ3v) is 3.75. The van der Waals surface area contributed by atoms with E-state index in [0.29, 0.717) is 6.54 Å². The van der Waals surface area contributed by atoms with Crippen LogP contribution in [0.3, 0.4) is 0 Å². The van der Waals surface area contributed by atoms with Gasteiger partial charge in [-0.15, -0.1) is 0 Å². The maximum Gasteiger partial charge on any atom is 0.410 e. The predicted molar refractivity (Wildman–Crippen MR) is 74.2 cm³/mol. The fourth-order valence-corrected chi connectivity index (χ4v) is 2.59. The summed E-state index contributed by atoms with van der Waals surface area (Å²) in [5, 5.41) is 8.93. The van der Waals surface area contributed by atoms with Crippen LogP contribution in [0, 0.1) is 0 Å². The van der Waals surface area contributed by atoms with Gasteiger partial charge in [0.2, 0.25) is 0 Å². The van der Waals surface area contributed by atoms with Gasteiger partial charge >= 0.3 is 12.1 Å². The van der Waals surface area contributed by atoms with E-state index in [1.165, 1.54) is 4.90 Å². The molecule has 2 heterocycles. The molecule has 22 heavy (non-hydrogen) atoms. The van der Waals surface area contributed by atoms with E-state index in [9.17, 15) is 9.59 Å². The van der Waals surface area contributed by atoms with Crippen LogP contribution < -0.4 is 0 Å². The summed E-state index contributed by atoms with van der Waals surface area (Å²) in [5.74, 6) is -1.05. The molecule has 2 aliphatic rings. The van der Waals surface area contributed by atoms with Gasteiger partial charge in [0.05, 0.1) is 19.7 Å². The number of aliphatic carboxylic acids is 1. The van der Waals surface area contributed by atoms with E-state index in [4.69, 9.17) is 19.3 Å². The zero-order valence-corrected chi connectivity index (χ0v) is 11.9. The first-order chi connectivity index (χ1) is 10.6. The number of rotatable bonds is 3. The second-order valence-electron chi connectivity index (χ2n) is 5.32. The first-order valence-corrected chi connectivity index (χ1v) is 7.09. The van der Waals surface area contributed by atoms with Gasteiger partial charge in [-0.1, -0.05) is 30.3 Å². The fourth-order valence-electron chi connectivity index (χ4n) is 2.59. The second-order valence-corrected chi connectivity index (χ2v) is 5.32.